The van der Waals surface area contributed by atoms with Crippen LogP contribution < -0.4 is 0 Å². The van der Waals surface area contributed by atoms with Gasteiger partial charge in [0.2, 0.25) is 0 Å². The second kappa shape index (κ2) is 17.9. The van der Waals surface area contributed by atoms with Crippen molar-refractivity contribution in [1.29, 1.82) is 0 Å². The van der Waals surface area contributed by atoms with Gasteiger partial charge in [-0.25, -0.2) is 9.59 Å². The van der Waals surface area contributed by atoms with E-state index >= 15 is 0 Å². The van der Waals surface area contributed by atoms with Crippen LogP contribution in [0, 0.1) is 65.1 Å². The molecule has 302 valence electrons. The van der Waals surface area contributed by atoms with E-state index in [0.717, 1.165) is 31.4 Å². The van der Waals surface area contributed by atoms with E-state index in [2.05, 4.69) is 16.9 Å². The molecule has 0 amide bonds. The lowest BCUT2D eigenvalue weighted by atomic mass is 9.83. The number of aliphatic carboxylic acids is 2. The van der Waals surface area contributed by atoms with Gasteiger partial charge in [0.1, 0.15) is 11.2 Å². The van der Waals surface area contributed by atoms with Crippen molar-refractivity contribution in [3.63, 3.8) is 0 Å². The molecule has 6 bridgehead atoms. The van der Waals surface area contributed by atoms with Crippen LogP contribution in [-0.2, 0) is 52.5 Å². The number of fused-ring (bicyclic) bond motifs is 6. The van der Waals surface area contributed by atoms with Crippen LogP contribution in [-0.4, -0.2) is 81.5 Å². The number of cyclic esters (lactones) is 2. The van der Waals surface area contributed by atoms with Crippen molar-refractivity contribution in [2.24, 2.45) is 65.1 Å². The third-order valence-electron chi connectivity index (χ3n) is 10.5. The van der Waals surface area contributed by atoms with Crippen LogP contribution in [0.5, 0.6) is 0 Å². The number of esters is 5. The molecule has 3 N–H and O–H groups in total. The number of aliphatic hydroxyl groups is 1. The molecule has 0 radical (unpaired) electrons. The molecule has 11 atom stereocenters. The summed E-state index contributed by atoms with van der Waals surface area (Å²) in [6, 6.07) is 0. The Labute approximate surface area is 321 Å². The largest absolute Gasteiger partial charge is 0.481 e. The van der Waals surface area contributed by atoms with Gasteiger partial charge in [0, 0.05) is 25.2 Å². The minimum atomic E-state index is -0.982. The van der Waals surface area contributed by atoms with E-state index in [1.807, 2.05) is 65.8 Å². The van der Waals surface area contributed by atoms with E-state index in [9.17, 15) is 33.6 Å². The summed E-state index contributed by atoms with van der Waals surface area (Å²) in [6.45, 7) is 11.5. The van der Waals surface area contributed by atoms with Crippen molar-refractivity contribution in [2.45, 2.75) is 84.8 Å². The van der Waals surface area contributed by atoms with Crippen LogP contribution in [0.1, 0.15) is 73.6 Å². The minimum absolute atomic E-state index is 0.0661. The fourth-order valence-electron chi connectivity index (χ4n) is 8.40. The van der Waals surface area contributed by atoms with Crippen molar-refractivity contribution in [3.8, 4) is 0 Å². The SMILES string of the molecule is CC(C)(C)OC(=O)C1C2C=CC(C2)C1C(=O)OC(C)(C)C.O=C(O)C1C2C=CC(C2)C1C(=O)O.O=C(OCCCO)C1CC2C=CC1C2.O=C1C=CC(=O)O1. The minimum Gasteiger partial charge on any atom is -0.481 e. The molecule has 3 saturated carbocycles. The fraction of sp³-hybridized carbons (Fsp3) is 0.634. The summed E-state index contributed by atoms with van der Waals surface area (Å²) in [4.78, 5) is 78.0. The molecule has 0 saturated heterocycles. The van der Waals surface area contributed by atoms with Crippen LogP contribution >= 0.6 is 0 Å². The van der Waals surface area contributed by atoms with Crippen molar-refractivity contribution >= 4 is 41.8 Å². The molecule has 0 aromatic heterocycles. The van der Waals surface area contributed by atoms with E-state index in [-0.39, 0.29) is 54.1 Å². The summed E-state index contributed by atoms with van der Waals surface area (Å²) < 4.78 is 20.1. The molecule has 55 heavy (non-hydrogen) atoms. The lowest BCUT2D eigenvalue weighted by molar-refractivity contribution is -0.173. The monoisotopic (exact) mass is 770 g/mol. The second-order valence-electron chi connectivity index (χ2n) is 16.9. The molecular formula is C41H54O14. The zero-order valence-electron chi connectivity index (χ0n) is 32.3. The molecule has 0 aromatic rings. The normalized spacial score (nSPS) is 32.5. The molecule has 1 heterocycles. The first-order chi connectivity index (χ1) is 25.7. The summed E-state index contributed by atoms with van der Waals surface area (Å²) >= 11 is 0. The first kappa shape index (κ1) is 43.1. The number of carbonyl (C=O) groups excluding carboxylic acids is 5. The van der Waals surface area contributed by atoms with Gasteiger partial charge in [-0.05, 0) is 103 Å². The first-order valence-electron chi connectivity index (χ1n) is 18.9. The van der Waals surface area contributed by atoms with Crippen LogP contribution in [0.3, 0.4) is 0 Å². The van der Waals surface area contributed by atoms with Crippen molar-refractivity contribution in [1.82, 2.24) is 0 Å². The highest BCUT2D eigenvalue weighted by molar-refractivity contribution is 6.04. The number of rotatable bonds is 8. The van der Waals surface area contributed by atoms with Gasteiger partial charge in [-0.15, -0.1) is 0 Å². The van der Waals surface area contributed by atoms with E-state index in [1.165, 1.54) is 0 Å². The maximum absolute atomic E-state index is 12.5. The van der Waals surface area contributed by atoms with Gasteiger partial charge in [-0.2, -0.15) is 0 Å². The van der Waals surface area contributed by atoms with Crippen molar-refractivity contribution in [3.05, 3.63) is 48.6 Å². The highest BCUT2D eigenvalue weighted by Gasteiger charge is 2.54. The number of ether oxygens (including phenoxy) is 4. The predicted octanol–water partition coefficient (Wildman–Crippen LogP) is 4.45. The Kier molecular flexibility index (Phi) is 14.0. The quantitative estimate of drug-likeness (QED) is 0.102. The maximum Gasteiger partial charge on any atom is 0.338 e. The number of aliphatic hydroxyl groups excluding tert-OH is 1. The number of carboxylic acid groups (broad SMARTS) is 2. The molecule has 0 spiro atoms. The molecule has 3 fully saturated rings. The fourth-order valence-corrected chi connectivity index (χ4v) is 8.40. The molecule has 7 rings (SSSR count). The summed E-state index contributed by atoms with van der Waals surface area (Å²) in [5.74, 6) is -4.83. The number of carbonyl (C=O) groups is 7. The average Bonchev–Trinajstić information content (AvgIpc) is 3.94. The van der Waals surface area contributed by atoms with Gasteiger partial charge in [0.25, 0.3) is 0 Å². The Morgan fingerprint density at radius 3 is 1.35 bits per heavy atom. The van der Waals surface area contributed by atoms with Gasteiger partial charge in [-0.3, -0.25) is 24.0 Å². The predicted molar refractivity (Wildman–Crippen MR) is 194 cm³/mol. The number of allylic oxidation sites excluding steroid dienone is 6. The molecular weight excluding hydrogens is 716 g/mol. The smallest absolute Gasteiger partial charge is 0.338 e. The summed E-state index contributed by atoms with van der Waals surface area (Å²) in [7, 11) is 0. The Morgan fingerprint density at radius 1 is 0.618 bits per heavy atom. The molecule has 14 heteroatoms. The topological polar surface area (TPSA) is 217 Å². The Balaban J connectivity index is 0.000000173. The molecule has 11 unspecified atom stereocenters. The van der Waals surface area contributed by atoms with Crippen LogP contribution in [0.25, 0.3) is 0 Å². The van der Waals surface area contributed by atoms with Crippen LogP contribution in [0.2, 0.25) is 0 Å². The summed E-state index contributed by atoms with van der Waals surface area (Å²) in [6.07, 6.45) is 18.4. The third-order valence-corrected chi connectivity index (χ3v) is 10.5. The van der Waals surface area contributed by atoms with Gasteiger partial charge in [0.15, 0.2) is 0 Å². The van der Waals surface area contributed by atoms with Gasteiger partial charge >= 0.3 is 41.8 Å². The van der Waals surface area contributed by atoms with Crippen molar-refractivity contribution < 1.29 is 67.8 Å². The Hall–Kier alpha value is -4.59. The van der Waals surface area contributed by atoms with Gasteiger partial charge < -0.3 is 34.3 Å². The molecule has 1 aliphatic heterocycles. The second-order valence-corrected chi connectivity index (χ2v) is 16.9. The van der Waals surface area contributed by atoms with Crippen LogP contribution in [0.15, 0.2) is 48.6 Å². The summed E-state index contributed by atoms with van der Waals surface area (Å²) in [5, 5.41) is 26.3. The van der Waals surface area contributed by atoms with Crippen LogP contribution in [0.4, 0.5) is 0 Å². The van der Waals surface area contributed by atoms with Gasteiger partial charge in [0.05, 0.1) is 36.2 Å². The third kappa shape index (κ3) is 11.5. The Morgan fingerprint density at radius 2 is 1.04 bits per heavy atom. The molecule has 0 aromatic carbocycles. The number of hydrogen-bond acceptors (Lipinski definition) is 12. The maximum atomic E-state index is 12.5. The van der Waals surface area contributed by atoms with E-state index in [1.54, 1.807) is 0 Å². The zero-order chi connectivity index (χ0) is 40.8. The molecule has 7 aliphatic rings. The Bertz CT molecular complexity index is 1520. The van der Waals surface area contributed by atoms with E-state index in [4.69, 9.17) is 29.5 Å². The van der Waals surface area contributed by atoms with Crippen molar-refractivity contribution in [2.75, 3.05) is 13.2 Å². The lowest BCUT2D eigenvalue weighted by Gasteiger charge is -2.30. The highest BCUT2D eigenvalue weighted by atomic mass is 16.6. The highest BCUT2D eigenvalue weighted by Crippen LogP contribution is 2.50. The number of hydrogen-bond donors (Lipinski definition) is 3. The standard InChI is InChI=1S/C17H26O4.C11H16O3.C9H10O4.C4H2O3/c1-16(2,3)20-14(18)12-10-7-8-11(9-10)13(12)15(19)21-17(4,5)6;12-4-1-5-14-11(13)10-7-8-2-3-9(10)6-8;10-8(11)6-4-1-2-5(3-4)7(6)9(12)13;5-3-1-2-4(6)7-3/h7-8,10-13H,9H2,1-6H3;2-3,8-10,12H,1,4-7H2;1-2,4-7H,3H2,(H,10,11)(H,12,13);1-2H. The lowest BCUT2D eigenvalue weighted by Crippen LogP contribution is -2.40. The van der Waals surface area contributed by atoms with E-state index < -0.39 is 58.8 Å². The molecule has 14 nitrogen and oxygen atoms in total. The summed E-state index contributed by atoms with van der Waals surface area (Å²) in [5.41, 5.74) is -1.08. The number of carboxylic acids is 2. The van der Waals surface area contributed by atoms with Gasteiger partial charge in [-0.1, -0.05) is 36.5 Å². The van der Waals surface area contributed by atoms with E-state index in [0.29, 0.717) is 31.3 Å². The zero-order valence-corrected chi connectivity index (χ0v) is 32.3. The average molecular weight is 771 g/mol. The molecule has 6 aliphatic carbocycles. The first-order valence-corrected chi connectivity index (χ1v) is 18.9.